The summed E-state index contributed by atoms with van der Waals surface area (Å²) in [5.74, 6) is 0.523. The number of amides is 1. The Morgan fingerprint density at radius 3 is 2.65 bits per heavy atom. The number of sulfonamides is 1. The lowest BCUT2D eigenvalue weighted by molar-refractivity contribution is -0.116. The summed E-state index contributed by atoms with van der Waals surface area (Å²) in [6.45, 7) is 6.42. The first-order chi connectivity index (χ1) is 14.6. The quantitative estimate of drug-likeness (QED) is 0.582. The van der Waals surface area contributed by atoms with E-state index in [1.165, 1.54) is 29.7 Å². The summed E-state index contributed by atoms with van der Waals surface area (Å²) in [7, 11) is -0.575. The third-order valence-corrected chi connectivity index (χ3v) is 8.15. The van der Waals surface area contributed by atoms with Crippen LogP contribution in [0.4, 0.5) is 5.00 Å². The average Bonchev–Trinajstić information content (AvgIpc) is 3.21. The number of carbonyl (C=O) groups excluding carboxylic acids is 1. The summed E-state index contributed by atoms with van der Waals surface area (Å²) in [5.41, 5.74) is 2.80. The number of thiophene rings is 1. The lowest BCUT2D eigenvalue weighted by Crippen LogP contribution is -2.22. The van der Waals surface area contributed by atoms with Gasteiger partial charge in [0, 0.05) is 38.4 Å². The topological polar surface area (TPSA) is 108 Å². The molecule has 0 bridgehead atoms. The largest absolute Gasteiger partial charge is 0.328 e. The van der Waals surface area contributed by atoms with E-state index < -0.39 is 10.0 Å². The lowest BCUT2D eigenvalue weighted by atomic mass is 10.2. The van der Waals surface area contributed by atoms with Crippen LogP contribution >= 0.6 is 11.3 Å². The Balaban J connectivity index is 1.82. The summed E-state index contributed by atoms with van der Waals surface area (Å²) < 4.78 is 28.0. The van der Waals surface area contributed by atoms with Gasteiger partial charge in [-0.15, -0.1) is 11.3 Å². The second-order valence-corrected chi connectivity index (χ2v) is 10.7. The van der Waals surface area contributed by atoms with E-state index in [0.29, 0.717) is 34.9 Å². The number of hydrogen-bond acceptors (Lipinski definition) is 6. The van der Waals surface area contributed by atoms with Gasteiger partial charge in [-0.1, -0.05) is 0 Å². The van der Waals surface area contributed by atoms with Gasteiger partial charge in [-0.05, 0) is 44.5 Å². The van der Waals surface area contributed by atoms with E-state index in [9.17, 15) is 18.5 Å². The van der Waals surface area contributed by atoms with Gasteiger partial charge in [0.05, 0.1) is 21.5 Å². The average molecular weight is 460 g/mol. The summed E-state index contributed by atoms with van der Waals surface area (Å²) >= 11 is 1.40. The van der Waals surface area contributed by atoms with Crippen molar-refractivity contribution >= 4 is 43.3 Å². The van der Waals surface area contributed by atoms with Gasteiger partial charge in [-0.25, -0.2) is 17.7 Å². The molecular formula is C21H25N5O3S2. The highest BCUT2D eigenvalue weighted by atomic mass is 32.2. The van der Waals surface area contributed by atoms with Crippen molar-refractivity contribution in [2.75, 3.05) is 19.4 Å². The highest BCUT2D eigenvalue weighted by molar-refractivity contribution is 7.89. The summed E-state index contributed by atoms with van der Waals surface area (Å²) in [4.78, 5) is 18.3. The number of rotatable bonds is 7. The molecule has 2 heterocycles. The zero-order valence-corrected chi connectivity index (χ0v) is 19.8. The molecule has 10 heteroatoms. The third kappa shape index (κ3) is 4.35. The molecule has 0 aliphatic rings. The first-order valence-corrected chi connectivity index (χ1v) is 12.1. The van der Waals surface area contributed by atoms with Gasteiger partial charge >= 0.3 is 0 Å². The Morgan fingerprint density at radius 1 is 1.32 bits per heavy atom. The fourth-order valence-electron chi connectivity index (χ4n) is 3.34. The SMILES string of the molecule is CCn1c(CCC(=O)Nc2sc(C)c(C)c2C#N)nc2cc(S(=O)(=O)N(C)C)ccc21. The number of nitrogens with zero attached hydrogens (tertiary/aromatic N) is 4. The molecule has 164 valence electrons. The normalized spacial score (nSPS) is 11.8. The van der Waals surface area contributed by atoms with E-state index in [1.54, 1.807) is 18.2 Å². The van der Waals surface area contributed by atoms with Crippen molar-refractivity contribution in [3.05, 3.63) is 40.0 Å². The number of nitrogens with one attached hydrogen (secondary N) is 1. The molecule has 1 aromatic carbocycles. The maximum absolute atomic E-state index is 12.5. The van der Waals surface area contributed by atoms with Gasteiger partial charge < -0.3 is 9.88 Å². The van der Waals surface area contributed by atoms with Crippen LogP contribution in [-0.4, -0.2) is 42.3 Å². The van der Waals surface area contributed by atoms with E-state index in [1.807, 2.05) is 25.3 Å². The number of benzene rings is 1. The summed E-state index contributed by atoms with van der Waals surface area (Å²) in [6.07, 6.45) is 0.600. The van der Waals surface area contributed by atoms with E-state index in [4.69, 9.17) is 0 Å². The second-order valence-electron chi connectivity index (χ2n) is 7.36. The fraction of sp³-hybridized carbons (Fsp3) is 0.381. The Kier molecular flexibility index (Phi) is 6.50. The van der Waals surface area contributed by atoms with Gasteiger partial charge in [0.25, 0.3) is 0 Å². The molecular weight excluding hydrogens is 434 g/mol. The van der Waals surface area contributed by atoms with Crippen LogP contribution in [0, 0.1) is 25.2 Å². The number of aromatic nitrogens is 2. The second kappa shape index (κ2) is 8.78. The molecule has 0 aliphatic heterocycles. The maximum Gasteiger partial charge on any atom is 0.242 e. The Morgan fingerprint density at radius 2 is 2.03 bits per heavy atom. The van der Waals surface area contributed by atoms with Crippen molar-refractivity contribution in [1.82, 2.24) is 13.9 Å². The van der Waals surface area contributed by atoms with Crippen LogP contribution in [0.1, 0.15) is 35.2 Å². The number of aryl methyl sites for hydroxylation is 3. The van der Waals surface area contributed by atoms with Crippen LogP contribution in [0.25, 0.3) is 11.0 Å². The molecule has 2 aromatic heterocycles. The molecule has 0 unspecified atom stereocenters. The number of anilines is 1. The zero-order valence-electron chi connectivity index (χ0n) is 18.2. The van der Waals surface area contributed by atoms with Gasteiger partial charge in [0.15, 0.2) is 0 Å². The molecule has 0 atom stereocenters. The monoisotopic (exact) mass is 459 g/mol. The molecule has 0 fully saturated rings. The first kappa shape index (κ1) is 22.9. The van der Waals surface area contributed by atoms with Gasteiger partial charge in [-0.3, -0.25) is 4.79 Å². The van der Waals surface area contributed by atoms with Crippen LogP contribution in [-0.2, 0) is 27.8 Å². The van der Waals surface area contributed by atoms with Crippen LogP contribution in [0.2, 0.25) is 0 Å². The number of carbonyl (C=O) groups is 1. The number of fused-ring (bicyclic) bond motifs is 1. The van der Waals surface area contributed by atoms with Crippen LogP contribution in [0.3, 0.4) is 0 Å². The number of nitriles is 1. The van der Waals surface area contributed by atoms with Crippen molar-refractivity contribution < 1.29 is 13.2 Å². The Bertz CT molecular complexity index is 1300. The maximum atomic E-state index is 12.5. The highest BCUT2D eigenvalue weighted by Gasteiger charge is 2.20. The van der Waals surface area contributed by atoms with E-state index >= 15 is 0 Å². The molecule has 1 amide bonds. The van der Waals surface area contributed by atoms with Crippen molar-refractivity contribution in [3.8, 4) is 6.07 Å². The van der Waals surface area contributed by atoms with Crippen LogP contribution in [0.15, 0.2) is 23.1 Å². The minimum Gasteiger partial charge on any atom is -0.328 e. The number of imidazole rings is 1. The van der Waals surface area contributed by atoms with Crippen molar-refractivity contribution in [2.24, 2.45) is 0 Å². The molecule has 0 saturated heterocycles. The smallest absolute Gasteiger partial charge is 0.242 e. The lowest BCUT2D eigenvalue weighted by Gasteiger charge is -2.11. The summed E-state index contributed by atoms with van der Waals surface area (Å²) in [6, 6.07) is 7.05. The highest BCUT2D eigenvalue weighted by Crippen LogP contribution is 2.31. The van der Waals surface area contributed by atoms with E-state index in [0.717, 1.165) is 16.0 Å². The molecule has 1 N–H and O–H groups in total. The molecule has 0 radical (unpaired) electrons. The fourth-order valence-corrected chi connectivity index (χ4v) is 5.29. The van der Waals surface area contributed by atoms with Crippen LogP contribution < -0.4 is 5.32 Å². The minimum atomic E-state index is -3.55. The van der Waals surface area contributed by atoms with Crippen molar-refractivity contribution in [1.29, 1.82) is 5.26 Å². The molecule has 0 aliphatic carbocycles. The molecule has 0 spiro atoms. The Labute approximate surface area is 186 Å². The van der Waals surface area contributed by atoms with E-state index in [2.05, 4.69) is 16.4 Å². The molecule has 31 heavy (non-hydrogen) atoms. The molecule has 0 saturated carbocycles. The standard InChI is InChI=1S/C21H25N5O3S2/c1-6-26-18-8-7-15(31(28,29)25(4)5)11-17(18)23-19(26)9-10-20(27)24-21-16(12-22)13(2)14(3)30-21/h7-8,11H,6,9-10H2,1-5H3,(H,24,27). The van der Waals surface area contributed by atoms with Crippen molar-refractivity contribution in [2.45, 2.75) is 45.1 Å². The third-order valence-electron chi connectivity index (χ3n) is 5.22. The van der Waals surface area contributed by atoms with Gasteiger partial charge in [0.2, 0.25) is 15.9 Å². The predicted molar refractivity (Wildman–Crippen MR) is 122 cm³/mol. The molecule has 8 nitrogen and oxygen atoms in total. The molecule has 3 rings (SSSR count). The number of hydrogen-bond donors (Lipinski definition) is 1. The first-order valence-electron chi connectivity index (χ1n) is 9.81. The van der Waals surface area contributed by atoms with E-state index in [-0.39, 0.29) is 17.2 Å². The summed E-state index contributed by atoms with van der Waals surface area (Å²) in [5, 5.41) is 12.8. The predicted octanol–water partition coefficient (Wildman–Crippen LogP) is 3.43. The Hall–Kier alpha value is -2.74. The van der Waals surface area contributed by atoms with Crippen LogP contribution in [0.5, 0.6) is 0 Å². The van der Waals surface area contributed by atoms with Crippen molar-refractivity contribution in [3.63, 3.8) is 0 Å². The minimum absolute atomic E-state index is 0.183. The molecule has 3 aromatic rings. The zero-order chi connectivity index (χ0) is 22.9. The van der Waals surface area contributed by atoms with Gasteiger partial charge in [0.1, 0.15) is 16.9 Å². The van der Waals surface area contributed by atoms with Gasteiger partial charge in [-0.2, -0.15) is 5.26 Å².